The third kappa shape index (κ3) is 5.70. The molecule has 30 heavy (non-hydrogen) atoms. The number of ether oxygens (including phenoxy) is 2. The van der Waals surface area contributed by atoms with Crippen LogP contribution in [0.15, 0.2) is 29.1 Å². The number of aromatic nitrogens is 1. The molecule has 2 N–H and O–H groups in total. The minimum absolute atomic E-state index is 0.0132. The maximum Gasteiger partial charge on any atom is 0.306 e. The zero-order valence-corrected chi connectivity index (χ0v) is 17.5. The molecule has 0 aliphatic carbocycles. The molecule has 2 aromatic rings. The minimum Gasteiger partial charge on any atom is -0.494 e. The Kier molecular flexibility index (Phi) is 7.76. The molecule has 0 saturated heterocycles. The molecule has 0 fully saturated rings. The van der Waals surface area contributed by atoms with Crippen LogP contribution in [0, 0.1) is 25.2 Å². The molecule has 0 aliphatic heterocycles. The van der Waals surface area contributed by atoms with Crippen LogP contribution in [-0.2, 0) is 20.7 Å². The van der Waals surface area contributed by atoms with E-state index in [9.17, 15) is 14.4 Å². The standard InChI is InChI=1S/C22H25N3O5/c1-5-29-17-8-6-16(7-9-17)25-21(27)15(4)30-20(26)11-10-18-13(2)19(12-23)22(28)24-14(18)3/h6-9,15H,5,10-11H2,1-4H3,(H,24,28)(H,25,27)/t15-/m0/s1. The molecule has 1 amide bonds. The van der Waals surface area contributed by atoms with Crippen LogP contribution in [0.1, 0.15) is 42.7 Å². The molecule has 0 spiro atoms. The third-order valence-electron chi connectivity index (χ3n) is 4.61. The third-order valence-corrected chi connectivity index (χ3v) is 4.61. The molecule has 8 heteroatoms. The smallest absolute Gasteiger partial charge is 0.306 e. The van der Waals surface area contributed by atoms with Gasteiger partial charge in [0, 0.05) is 17.8 Å². The van der Waals surface area contributed by atoms with Crippen molar-refractivity contribution in [1.29, 1.82) is 5.26 Å². The fourth-order valence-corrected chi connectivity index (χ4v) is 3.00. The van der Waals surface area contributed by atoms with Gasteiger partial charge in [-0.1, -0.05) is 0 Å². The lowest BCUT2D eigenvalue weighted by molar-refractivity contribution is -0.153. The van der Waals surface area contributed by atoms with Crippen molar-refractivity contribution in [2.45, 2.75) is 46.6 Å². The van der Waals surface area contributed by atoms with Gasteiger partial charge in [-0.25, -0.2) is 0 Å². The number of amides is 1. The van der Waals surface area contributed by atoms with Gasteiger partial charge in [0.05, 0.1) is 6.61 Å². The van der Waals surface area contributed by atoms with Gasteiger partial charge < -0.3 is 19.8 Å². The number of nitrogens with zero attached hydrogens (tertiary/aromatic N) is 1. The lowest BCUT2D eigenvalue weighted by atomic mass is 9.99. The number of carbonyl (C=O) groups is 2. The van der Waals surface area contributed by atoms with E-state index in [-0.39, 0.29) is 18.4 Å². The monoisotopic (exact) mass is 411 g/mol. The van der Waals surface area contributed by atoms with Crippen LogP contribution in [0.25, 0.3) is 0 Å². The SMILES string of the molecule is CCOc1ccc(NC(=O)[C@H](C)OC(=O)CCc2c(C)[nH]c(=O)c(C#N)c2C)cc1. The first-order valence-electron chi connectivity index (χ1n) is 9.62. The normalized spacial score (nSPS) is 11.3. The quantitative estimate of drug-likeness (QED) is 0.644. The van der Waals surface area contributed by atoms with Gasteiger partial charge in [-0.2, -0.15) is 5.26 Å². The Morgan fingerprint density at radius 3 is 2.50 bits per heavy atom. The number of nitrogens with one attached hydrogen (secondary N) is 2. The number of hydrogen-bond donors (Lipinski definition) is 2. The highest BCUT2D eigenvalue weighted by Gasteiger charge is 2.19. The van der Waals surface area contributed by atoms with Crippen LogP contribution < -0.4 is 15.6 Å². The highest BCUT2D eigenvalue weighted by Crippen LogP contribution is 2.17. The van der Waals surface area contributed by atoms with Gasteiger partial charge in [0.25, 0.3) is 11.5 Å². The van der Waals surface area contributed by atoms with Crippen LogP contribution >= 0.6 is 0 Å². The fraction of sp³-hybridized carbons (Fsp3) is 0.364. The predicted molar refractivity (Wildman–Crippen MR) is 111 cm³/mol. The van der Waals surface area contributed by atoms with Crippen LogP contribution in [0.3, 0.4) is 0 Å². The highest BCUT2D eigenvalue weighted by molar-refractivity contribution is 5.95. The van der Waals surface area contributed by atoms with E-state index in [1.807, 2.05) is 13.0 Å². The summed E-state index contributed by atoms with van der Waals surface area (Å²) in [4.78, 5) is 38.9. The summed E-state index contributed by atoms with van der Waals surface area (Å²) in [6, 6.07) is 8.75. The van der Waals surface area contributed by atoms with E-state index in [1.165, 1.54) is 6.92 Å². The summed E-state index contributed by atoms with van der Waals surface area (Å²) >= 11 is 0. The number of H-pyrrole nitrogens is 1. The average molecular weight is 411 g/mol. The Morgan fingerprint density at radius 1 is 1.23 bits per heavy atom. The summed E-state index contributed by atoms with van der Waals surface area (Å²) in [6.45, 7) is 7.31. The molecule has 0 saturated carbocycles. The Morgan fingerprint density at radius 2 is 1.90 bits per heavy atom. The van der Waals surface area contributed by atoms with Crippen molar-refractivity contribution in [1.82, 2.24) is 4.98 Å². The van der Waals surface area contributed by atoms with Gasteiger partial charge in [-0.15, -0.1) is 0 Å². The first-order valence-corrected chi connectivity index (χ1v) is 9.62. The second-order valence-corrected chi connectivity index (χ2v) is 6.75. The summed E-state index contributed by atoms with van der Waals surface area (Å²) in [5.74, 6) is -0.300. The number of aryl methyl sites for hydroxylation is 1. The van der Waals surface area contributed by atoms with Crippen molar-refractivity contribution >= 4 is 17.6 Å². The molecule has 0 aliphatic rings. The summed E-state index contributed by atoms with van der Waals surface area (Å²) in [5.41, 5.74) is 2.02. The number of nitriles is 1. The molecule has 1 aromatic heterocycles. The van der Waals surface area contributed by atoms with Crippen LogP contribution in [-0.4, -0.2) is 29.6 Å². The topological polar surface area (TPSA) is 121 Å². The van der Waals surface area contributed by atoms with E-state index >= 15 is 0 Å². The van der Waals surface area contributed by atoms with E-state index in [0.29, 0.717) is 29.3 Å². The number of anilines is 1. The van der Waals surface area contributed by atoms with E-state index in [4.69, 9.17) is 14.7 Å². The largest absolute Gasteiger partial charge is 0.494 e. The molecular formula is C22H25N3O5. The van der Waals surface area contributed by atoms with Crippen LogP contribution in [0.4, 0.5) is 5.69 Å². The lowest BCUT2D eigenvalue weighted by Gasteiger charge is -2.15. The van der Waals surface area contributed by atoms with Gasteiger partial charge in [-0.3, -0.25) is 14.4 Å². The second-order valence-electron chi connectivity index (χ2n) is 6.75. The highest BCUT2D eigenvalue weighted by atomic mass is 16.5. The number of carbonyl (C=O) groups excluding carboxylic acids is 2. The molecule has 8 nitrogen and oxygen atoms in total. The number of pyridine rings is 1. The van der Waals surface area contributed by atoms with Crippen molar-refractivity contribution in [3.63, 3.8) is 0 Å². The molecule has 0 bridgehead atoms. The van der Waals surface area contributed by atoms with Crippen LogP contribution in [0.2, 0.25) is 0 Å². The maximum absolute atomic E-state index is 12.3. The maximum atomic E-state index is 12.3. The van der Waals surface area contributed by atoms with Gasteiger partial charge in [0.2, 0.25) is 0 Å². The summed E-state index contributed by atoms with van der Waals surface area (Å²) in [6.07, 6.45) is -0.675. The molecule has 1 heterocycles. The summed E-state index contributed by atoms with van der Waals surface area (Å²) in [5, 5.41) is 11.8. The van der Waals surface area contributed by atoms with Crippen molar-refractivity contribution < 1.29 is 19.1 Å². The average Bonchev–Trinajstić information content (AvgIpc) is 2.69. The van der Waals surface area contributed by atoms with E-state index < -0.39 is 23.5 Å². The zero-order chi connectivity index (χ0) is 22.3. The molecule has 158 valence electrons. The van der Waals surface area contributed by atoms with Gasteiger partial charge >= 0.3 is 5.97 Å². The molecule has 2 rings (SSSR count). The number of aromatic amines is 1. The van der Waals surface area contributed by atoms with E-state index in [0.717, 1.165) is 5.56 Å². The fourth-order valence-electron chi connectivity index (χ4n) is 3.00. The zero-order valence-electron chi connectivity index (χ0n) is 17.5. The predicted octanol–water partition coefficient (Wildman–Crippen LogP) is 2.77. The second kappa shape index (κ2) is 10.3. The molecule has 0 unspecified atom stereocenters. The van der Waals surface area contributed by atoms with Gasteiger partial charge in [0.15, 0.2) is 6.10 Å². The summed E-state index contributed by atoms with van der Waals surface area (Å²) < 4.78 is 10.6. The van der Waals surface area contributed by atoms with E-state index in [2.05, 4.69) is 10.3 Å². The Balaban J connectivity index is 1.92. The Hall–Kier alpha value is -3.60. The Labute approximate surface area is 174 Å². The summed E-state index contributed by atoms with van der Waals surface area (Å²) in [7, 11) is 0. The van der Waals surface area contributed by atoms with Crippen LogP contribution in [0.5, 0.6) is 5.75 Å². The first-order chi connectivity index (χ1) is 14.3. The molecule has 1 aromatic carbocycles. The molecular weight excluding hydrogens is 386 g/mol. The number of esters is 1. The van der Waals surface area contributed by atoms with Crippen molar-refractivity contribution in [3.8, 4) is 11.8 Å². The Bertz CT molecular complexity index is 1020. The van der Waals surface area contributed by atoms with Crippen molar-refractivity contribution in [3.05, 3.63) is 57.0 Å². The number of benzene rings is 1. The number of hydrogen-bond acceptors (Lipinski definition) is 6. The number of rotatable bonds is 8. The van der Waals surface area contributed by atoms with Crippen molar-refractivity contribution in [2.24, 2.45) is 0 Å². The minimum atomic E-state index is -0.975. The van der Waals surface area contributed by atoms with Gasteiger partial charge in [0.1, 0.15) is 17.4 Å². The molecule has 1 atom stereocenters. The lowest BCUT2D eigenvalue weighted by Crippen LogP contribution is -2.30. The van der Waals surface area contributed by atoms with Crippen molar-refractivity contribution in [2.75, 3.05) is 11.9 Å². The molecule has 0 radical (unpaired) electrons. The van der Waals surface area contributed by atoms with E-state index in [1.54, 1.807) is 38.1 Å². The first kappa shape index (κ1) is 22.7. The van der Waals surface area contributed by atoms with Gasteiger partial charge in [-0.05, 0) is 69.5 Å².